The van der Waals surface area contributed by atoms with Gasteiger partial charge in [0.05, 0.1) is 24.0 Å². The van der Waals surface area contributed by atoms with E-state index in [-0.39, 0.29) is 5.91 Å². The van der Waals surface area contributed by atoms with Crippen LogP contribution in [0.2, 0.25) is 0 Å². The maximum absolute atomic E-state index is 12.9. The summed E-state index contributed by atoms with van der Waals surface area (Å²) < 4.78 is 3.84. The fourth-order valence-electron chi connectivity index (χ4n) is 5.11. The average Bonchev–Trinajstić information content (AvgIpc) is 3.48. The second-order valence-corrected chi connectivity index (χ2v) is 9.82. The van der Waals surface area contributed by atoms with Crippen LogP contribution < -0.4 is 11.1 Å². The smallest absolute Gasteiger partial charge is 0.254 e. The van der Waals surface area contributed by atoms with E-state index >= 15 is 0 Å². The van der Waals surface area contributed by atoms with E-state index in [4.69, 9.17) is 10.7 Å². The van der Waals surface area contributed by atoms with Gasteiger partial charge in [-0.3, -0.25) is 9.48 Å². The average molecular weight is 480 g/mol. The summed E-state index contributed by atoms with van der Waals surface area (Å²) in [6, 6.07) is 6.23. The zero-order valence-corrected chi connectivity index (χ0v) is 20.7. The number of rotatable bonds is 6. The van der Waals surface area contributed by atoms with Crippen LogP contribution in [0, 0.1) is 20.8 Å². The predicted molar refractivity (Wildman–Crippen MR) is 140 cm³/mol. The second kappa shape index (κ2) is 8.48. The minimum atomic E-state index is -0.156. The molecule has 0 aliphatic heterocycles. The first-order chi connectivity index (χ1) is 17.4. The van der Waals surface area contributed by atoms with E-state index in [1.807, 2.05) is 12.3 Å². The van der Waals surface area contributed by atoms with Crippen LogP contribution in [0.4, 0.5) is 5.82 Å². The Bertz CT molecular complexity index is 1640. The van der Waals surface area contributed by atoms with E-state index < -0.39 is 0 Å². The number of nitrogens with zero attached hydrogens (tertiary/aromatic N) is 5. The van der Waals surface area contributed by atoms with Crippen molar-refractivity contribution >= 4 is 28.1 Å². The van der Waals surface area contributed by atoms with Crippen LogP contribution in [0.1, 0.15) is 62.6 Å². The first-order valence-corrected chi connectivity index (χ1v) is 12.3. The van der Waals surface area contributed by atoms with E-state index in [1.165, 1.54) is 18.4 Å². The molecule has 1 aliphatic carbocycles. The lowest BCUT2D eigenvalue weighted by Gasteiger charge is -2.18. The van der Waals surface area contributed by atoms with Crippen molar-refractivity contribution in [2.24, 2.45) is 0 Å². The molecular formula is C28H29N7O. The first kappa shape index (κ1) is 22.3. The van der Waals surface area contributed by atoms with Gasteiger partial charge in [-0.25, -0.2) is 9.97 Å². The highest BCUT2D eigenvalue weighted by Gasteiger charge is 2.24. The van der Waals surface area contributed by atoms with Crippen LogP contribution in [0.15, 0.2) is 49.2 Å². The van der Waals surface area contributed by atoms with Crippen molar-refractivity contribution in [1.29, 1.82) is 0 Å². The first-order valence-electron chi connectivity index (χ1n) is 12.3. The lowest BCUT2D eigenvalue weighted by Crippen LogP contribution is -2.23. The fourth-order valence-corrected chi connectivity index (χ4v) is 5.11. The van der Waals surface area contributed by atoms with Crippen LogP contribution in [0.5, 0.6) is 0 Å². The highest BCUT2D eigenvalue weighted by Crippen LogP contribution is 2.40. The van der Waals surface area contributed by atoms with Gasteiger partial charge in [-0.2, -0.15) is 5.10 Å². The number of hydrogen-bond donors (Lipinski definition) is 2. The van der Waals surface area contributed by atoms with Gasteiger partial charge in [0.2, 0.25) is 0 Å². The van der Waals surface area contributed by atoms with Gasteiger partial charge >= 0.3 is 0 Å². The molecule has 4 aromatic heterocycles. The molecule has 182 valence electrons. The van der Waals surface area contributed by atoms with E-state index in [1.54, 1.807) is 23.3 Å². The lowest BCUT2D eigenvalue weighted by atomic mass is 9.91. The lowest BCUT2D eigenvalue weighted by molar-refractivity contribution is 0.0950. The molecule has 36 heavy (non-hydrogen) atoms. The molecule has 1 saturated carbocycles. The summed E-state index contributed by atoms with van der Waals surface area (Å²) in [5, 5.41) is 9.52. The molecule has 8 heteroatoms. The van der Waals surface area contributed by atoms with Gasteiger partial charge in [-0.1, -0.05) is 6.07 Å². The van der Waals surface area contributed by atoms with Crippen molar-refractivity contribution in [2.75, 3.05) is 5.73 Å². The van der Waals surface area contributed by atoms with Crippen molar-refractivity contribution in [3.05, 3.63) is 88.3 Å². The Labute approximate surface area is 209 Å². The molecular weight excluding hydrogens is 450 g/mol. The third-order valence-corrected chi connectivity index (χ3v) is 7.44. The number of aromatic nitrogens is 5. The number of pyridine rings is 2. The van der Waals surface area contributed by atoms with Gasteiger partial charge in [0.1, 0.15) is 11.5 Å². The zero-order chi connectivity index (χ0) is 25.0. The Morgan fingerprint density at radius 2 is 1.92 bits per heavy atom. The van der Waals surface area contributed by atoms with Crippen LogP contribution in [0.25, 0.3) is 16.4 Å². The molecule has 1 fully saturated rings. The molecule has 0 unspecified atom stereocenters. The summed E-state index contributed by atoms with van der Waals surface area (Å²) in [7, 11) is 0. The van der Waals surface area contributed by atoms with Crippen molar-refractivity contribution in [1.82, 2.24) is 29.5 Å². The largest absolute Gasteiger partial charge is 0.383 e. The molecule has 3 N–H and O–H groups in total. The van der Waals surface area contributed by atoms with Crippen molar-refractivity contribution in [2.45, 2.75) is 52.6 Å². The number of carbonyl (C=O) groups excluding carboxylic acids is 1. The quantitative estimate of drug-likeness (QED) is 0.375. The Morgan fingerprint density at radius 1 is 1.08 bits per heavy atom. The van der Waals surface area contributed by atoms with Crippen LogP contribution in [-0.4, -0.2) is 30.1 Å². The van der Waals surface area contributed by atoms with Crippen molar-refractivity contribution in [3.8, 4) is 0 Å². The van der Waals surface area contributed by atoms with E-state index in [0.717, 1.165) is 44.4 Å². The number of nitrogens with one attached hydrogen (secondary N) is 1. The third-order valence-electron chi connectivity index (χ3n) is 7.44. The second-order valence-electron chi connectivity index (χ2n) is 9.82. The highest BCUT2D eigenvalue weighted by molar-refractivity contribution is 5.98. The summed E-state index contributed by atoms with van der Waals surface area (Å²) in [5.74, 6) is 1.08. The van der Waals surface area contributed by atoms with Crippen LogP contribution >= 0.6 is 0 Å². The zero-order valence-electron chi connectivity index (χ0n) is 20.7. The topological polar surface area (TPSA) is 103 Å². The van der Waals surface area contributed by atoms with Crippen LogP contribution in [0.3, 0.4) is 0 Å². The van der Waals surface area contributed by atoms with E-state index in [0.29, 0.717) is 30.4 Å². The molecule has 0 bridgehead atoms. The van der Waals surface area contributed by atoms with Crippen molar-refractivity contribution in [3.63, 3.8) is 0 Å². The van der Waals surface area contributed by atoms with Gasteiger partial charge < -0.3 is 15.5 Å². The molecule has 5 aromatic rings. The van der Waals surface area contributed by atoms with Gasteiger partial charge in [0, 0.05) is 36.7 Å². The van der Waals surface area contributed by atoms with Gasteiger partial charge in [-0.15, -0.1) is 0 Å². The molecule has 1 aliphatic rings. The summed E-state index contributed by atoms with van der Waals surface area (Å²) in [4.78, 5) is 21.9. The standard InChI is InChI=1S/C28H29N7O/c1-16-17(2)26-23(8-9-30-27(26)29)18(3)24(16)11-31-28(36)21-10-32-35(13-21)15-22-14-34-12-20(19-4-5-19)6-7-25(34)33-22/h6-10,12-14,19H,4-5,11,15H2,1-3H3,(H2,29,30)(H,31,36). The normalized spacial score (nSPS) is 13.5. The maximum Gasteiger partial charge on any atom is 0.254 e. The Hall–Kier alpha value is -4.20. The fraction of sp³-hybridized carbons (Fsp3) is 0.286. The summed E-state index contributed by atoms with van der Waals surface area (Å²) in [5.41, 5.74) is 14.3. The van der Waals surface area contributed by atoms with E-state index in [2.05, 4.69) is 58.9 Å². The number of hydrogen-bond acceptors (Lipinski definition) is 5. The Morgan fingerprint density at radius 3 is 2.72 bits per heavy atom. The molecule has 6 rings (SSSR count). The molecule has 0 atom stereocenters. The SMILES string of the molecule is Cc1c(CNC(=O)c2cnn(Cc3cn4cc(C5CC5)ccc4n3)c2)c(C)c2ccnc(N)c2c1C. The number of nitrogen functional groups attached to an aromatic ring is 1. The number of aryl methyl sites for hydroxylation is 2. The summed E-state index contributed by atoms with van der Waals surface area (Å²) in [6.45, 7) is 7.12. The highest BCUT2D eigenvalue weighted by atomic mass is 16.1. The minimum Gasteiger partial charge on any atom is -0.383 e. The Balaban J connectivity index is 1.17. The number of anilines is 1. The third kappa shape index (κ3) is 3.88. The molecule has 1 aromatic carbocycles. The number of nitrogens with two attached hydrogens (primary N) is 1. The number of fused-ring (bicyclic) bond motifs is 2. The molecule has 8 nitrogen and oxygen atoms in total. The Kier molecular flexibility index (Phi) is 5.25. The summed E-state index contributed by atoms with van der Waals surface area (Å²) >= 11 is 0. The van der Waals surface area contributed by atoms with Gasteiger partial charge in [-0.05, 0) is 84.9 Å². The number of imidazole rings is 1. The molecule has 1 amide bonds. The monoisotopic (exact) mass is 479 g/mol. The minimum absolute atomic E-state index is 0.156. The summed E-state index contributed by atoms with van der Waals surface area (Å²) in [6.07, 6.45) is 11.9. The number of carbonyl (C=O) groups is 1. The number of benzene rings is 1. The molecule has 0 spiro atoms. The van der Waals surface area contributed by atoms with Gasteiger partial charge in [0.15, 0.2) is 0 Å². The molecule has 0 radical (unpaired) electrons. The van der Waals surface area contributed by atoms with Crippen LogP contribution in [-0.2, 0) is 13.1 Å². The molecule has 4 heterocycles. The predicted octanol–water partition coefficient (Wildman–Crippen LogP) is 4.44. The molecule has 0 saturated heterocycles. The van der Waals surface area contributed by atoms with Crippen molar-refractivity contribution < 1.29 is 4.79 Å². The van der Waals surface area contributed by atoms with Gasteiger partial charge in [0.25, 0.3) is 5.91 Å². The maximum atomic E-state index is 12.9. The van der Waals surface area contributed by atoms with E-state index in [9.17, 15) is 4.79 Å². The number of amides is 1.